The maximum atomic E-state index is 12.8. The zero-order valence-electron chi connectivity index (χ0n) is 19.2. The van der Waals surface area contributed by atoms with E-state index in [0.29, 0.717) is 17.9 Å². The molecule has 0 atom stereocenters. The number of amides is 1. The lowest BCUT2D eigenvalue weighted by atomic mass is 10.0. The van der Waals surface area contributed by atoms with Crippen molar-refractivity contribution in [1.82, 2.24) is 19.7 Å². The van der Waals surface area contributed by atoms with Gasteiger partial charge in [0, 0.05) is 29.5 Å². The summed E-state index contributed by atoms with van der Waals surface area (Å²) in [6, 6.07) is 15.4. The number of aryl methyl sites for hydroxylation is 2. The van der Waals surface area contributed by atoms with Crippen LogP contribution in [0.2, 0.25) is 0 Å². The molecular formula is C24H30N6O2. The van der Waals surface area contributed by atoms with Crippen molar-refractivity contribution in [3.8, 4) is 5.82 Å². The number of aromatic nitrogens is 3. The summed E-state index contributed by atoms with van der Waals surface area (Å²) in [5.41, 5.74) is 9.22. The Morgan fingerprint density at radius 3 is 2.44 bits per heavy atom. The Kier molecular flexibility index (Phi) is 6.92. The molecule has 2 N–H and O–H groups in total. The molecule has 0 aliphatic heterocycles. The molecule has 3 aromatic rings. The third kappa shape index (κ3) is 5.72. The second-order valence-electron chi connectivity index (χ2n) is 8.63. The van der Waals surface area contributed by atoms with Gasteiger partial charge in [0.05, 0.1) is 5.69 Å². The van der Waals surface area contributed by atoms with E-state index in [9.17, 15) is 4.79 Å². The highest BCUT2D eigenvalue weighted by Crippen LogP contribution is 2.18. The first-order chi connectivity index (χ1) is 15.1. The molecule has 0 aliphatic carbocycles. The summed E-state index contributed by atoms with van der Waals surface area (Å²) in [6.07, 6.45) is 1.60. The van der Waals surface area contributed by atoms with E-state index in [1.165, 1.54) is 0 Å². The number of hydrogen-bond acceptors (Lipinski definition) is 5. The number of hydrogen-bond donors (Lipinski definition) is 1. The third-order valence-electron chi connectivity index (χ3n) is 4.92. The van der Waals surface area contributed by atoms with Crippen molar-refractivity contribution in [3.63, 3.8) is 0 Å². The molecule has 1 aromatic carbocycles. The molecule has 0 aliphatic rings. The second kappa shape index (κ2) is 9.64. The van der Waals surface area contributed by atoms with Crippen LogP contribution in [0.15, 0.2) is 59.9 Å². The zero-order chi connectivity index (χ0) is 23.3. The fraction of sp³-hybridized carbons (Fsp3) is 0.333. The lowest BCUT2D eigenvalue weighted by Crippen LogP contribution is -2.46. The van der Waals surface area contributed by atoms with E-state index in [1.54, 1.807) is 21.8 Å². The summed E-state index contributed by atoms with van der Waals surface area (Å²) in [7, 11) is 0. The molecule has 1 amide bonds. The van der Waals surface area contributed by atoms with Gasteiger partial charge in [-0.3, -0.25) is 4.79 Å². The molecule has 0 unspecified atom stereocenters. The third-order valence-corrected chi connectivity index (χ3v) is 4.92. The molecule has 8 heteroatoms. The quantitative estimate of drug-likeness (QED) is 0.349. The van der Waals surface area contributed by atoms with Crippen LogP contribution in [0.1, 0.15) is 43.3 Å². The molecule has 2 aromatic heterocycles. The van der Waals surface area contributed by atoms with Crippen LogP contribution >= 0.6 is 0 Å². The summed E-state index contributed by atoms with van der Waals surface area (Å²) >= 11 is 0. The highest BCUT2D eigenvalue weighted by Gasteiger charge is 2.26. The minimum absolute atomic E-state index is 0.149. The maximum absolute atomic E-state index is 12.8. The number of oxime groups is 1. The first-order valence-electron chi connectivity index (χ1n) is 10.4. The van der Waals surface area contributed by atoms with Gasteiger partial charge in [0.15, 0.2) is 18.3 Å². The van der Waals surface area contributed by atoms with Gasteiger partial charge in [0.2, 0.25) is 0 Å². The second-order valence-corrected chi connectivity index (χ2v) is 8.63. The number of amidine groups is 1. The number of pyridine rings is 1. The van der Waals surface area contributed by atoms with E-state index in [-0.39, 0.29) is 23.9 Å². The van der Waals surface area contributed by atoms with Crippen LogP contribution in [0.4, 0.5) is 0 Å². The van der Waals surface area contributed by atoms with Crippen LogP contribution in [0.25, 0.3) is 5.82 Å². The Labute approximate surface area is 188 Å². The molecule has 0 saturated heterocycles. The number of carbonyl (C=O) groups is 1. The van der Waals surface area contributed by atoms with Crippen LogP contribution in [0, 0.1) is 13.8 Å². The monoisotopic (exact) mass is 434 g/mol. The zero-order valence-corrected chi connectivity index (χ0v) is 19.2. The maximum Gasteiger partial charge on any atom is 0.264 e. The smallest absolute Gasteiger partial charge is 0.264 e. The Hall–Kier alpha value is -3.68. The molecule has 8 nitrogen and oxygen atoms in total. The van der Waals surface area contributed by atoms with Gasteiger partial charge in [-0.25, -0.2) is 9.67 Å². The first kappa shape index (κ1) is 23.0. The molecule has 0 fully saturated rings. The topological polar surface area (TPSA) is 98.6 Å². The van der Waals surface area contributed by atoms with Crippen LogP contribution in [-0.4, -0.2) is 43.6 Å². The van der Waals surface area contributed by atoms with Crippen molar-refractivity contribution < 1.29 is 9.63 Å². The van der Waals surface area contributed by atoms with Gasteiger partial charge >= 0.3 is 0 Å². The summed E-state index contributed by atoms with van der Waals surface area (Å²) < 4.78 is 1.76. The Morgan fingerprint density at radius 2 is 1.88 bits per heavy atom. The van der Waals surface area contributed by atoms with E-state index in [4.69, 9.17) is 10.6 Å². The lowest BCUT2D eigenvalue weighted by molar-refractivity contribution is -0.141. The van der Waals surface area contributed by atoms with Crippen LogP contribution < -0.4 is 5.73 Å². The lowest BCUT2D eigenvalue weighted by Gasteiger charge is -2.35. The summed E-state index contributed by atoms with van der Waals surface area (Å²) in [4.78, 5) is 24.3. The summed E-state index contributed by atoms with van der Waals surface area (Å²) in [6.45, 7) is 10.1. The molecule has 3 rings (SSSR count). The van der Waals surface area contributed by atoms with Gasteiger partial charge in [-0.15, -0.1) is 0 Å². The van der Waals surface area contributed by atoms with Crippen molar-refractivity contribution in [2.75, 3.05) is 6.61 Å². The van der Waals surface area contributed by atoms with Crippen LogP contribution in [0.3, 0.4) is 0 Å². The Bertz CT molecular complexity index is 1080. The molecule has 0 bridgehead atoms. The predicted molar refractivity (Wildman–Crippen MR) is 124 cm³/mol. The number of benzene rings is 1. The van der Waals surface area contributed by atoms with E-state index in [2.05, 4.69) is 15.2 Å². The van der Waals surface area contributed by atoms with Gasteiger partial charge in [-0.1, -0.05) is 35.5 Å². The van der Waals surface area contributed by atoms with E-state index in [0.717, 1.165) is 17.0 Å². The van der Waals surface area contributed by atoms with Crippen LogP contribution in [-0.2, 0) is 16.2 Å². The standard InChI is InChI=1S/C24H30N6O2/c1-17-13-18(2)30(27-17)21-12-11-20(14-26-21)23(25)28-32-16-22(31)29(24(3,4)5)15-19-9-7-6-8-10-19/h6-14H,15-16H2,1-5H3,(H2,25,28). The number of nitrogens with two attached hydrogens (primary N) is 1. The fourth-order valence-electron chi connectivity index (χ4n) is 3.28. The molecule has 0 spiro atoms. The number of nitrogens with zero attached hydrogens (tertiary/aromatic N) is 5. The largest absolute Gasteiger partial charge is 0.384 e. The van der Waals surface area contributed by atoms with Gasteiger partial charge in [-0.2, -0.15) is 5.10 Å². The highest BCUT2D eigenvalue weighted by atomic mass is 16.6. The van der Waals surface area contributed by atoms with E-state index >= 15 is 0 Å². The van der Waals surface area contributed by atoms with Gasteiger partial charge in [-0.05, 0) is 58.4 Å². The average molecular weight is 435 g/mol. The molecule has 2 heterocycles. The summed E-state index contributed by atoms with van der Waals surface area (Å²) in [5.74, 6) is 0.663. The van der Waals surface area contributed by atoms with Crippen molar-refractivity contribution in [1.29, 1.82) is 0 Å². The minimum Gasteiger partial charge on any atom is -0.384 e. The van der Waals surface area contributed by atoms with Crippen LogP contribution in [0.5, 0.6) is 0 Å². The van der Waals surface area contributed by atoms with Crippen molar-refractivity contribution >= 4 is 11.7 Å². The SMILES string of the molecule is Cc1cc(C)n(-c2ccc(/C(N)=N/OCC(=O)N(Cc3ccccc3)C(C)(C)C)cn2)n1. The molecule has 0 saturated carbocycles. The van der Waals surface area contributed by atoms with Gasteiger partial charge in [0.25, 0.3) is 5.91 Å². The van der Waals surface area contributed by atoms with E-state index < -0.39 is 0 Å². The molecular weight excluding hydrogens is 404 g/mol. The normalized spacial score (nSPS) is 12.0. The molecule has 0 radical (unpaired) electrons. The van der Waals surface area contributed by atoms with Gasteiger partial charge < -0.3 is 15.5 Å². The van der Waals surface area contributed by atoms with E-state index in [1.807, 2.05) is 77.1 Å². The minimum atomic E-state index is -0.367. The van der Waals surface area contributed by atoms with Crippen molar-refractivity contribution in [3.05, 3.63) is 77.2 Å². The molecule has 32 heavy (non-hydrogen) atoms. The fourth-order valence-corrected chi connectivity index (χ4v) is 3.28. The Balaban J connectivity index is 1.63. The first-order valence-corrected chi connectivity index (χ1v) is 10.4. The van der Waals surface area contributed by atoms with Gasteiger partial charge in [0.1, 0.15) is 0 Å². The highest BCUT2D eigenvalue weighted by molar-refractivity contribution is 5.96. The average Bonchev–Trinajstić information content (AvgIpc) is 3.09. The predicted octanol–water partition coefficient (Wildman–Crippen LogP) is 3.35. The Morgan fingerprint density at radius 1 is 1.16 bits per heavy atom. The number of carbonyl (C=O) groups excluding carboxylic acids is 1. The van der Waals surface area contributed by atoms with Crippen molar-refractivity contribution in [2.45, 2.75) is 46.7 Å². The van der Waals surface area contributed by atoms with Crippen molar-refractivity contribution in [2.24, 2.45) is 10.9 Å². The summed E-state index contributed by atoms with van der Waals surface area (Å²) in [5, 5.41) is 8.33. The molecule has 168 valence electrons. The number of rotatable bonds is 7.